The number of nitrogens with zero attached hydrogens (tertiary/aromatic N) is 2. The number of aliphatic carboxylic acids is 1. The molecule has 3 rings (SSSR count). The molecule has 1 aromatic heterocycles. The summed E-state index contributed by atoms with van der Waals surface area (Å²) in [6, 6.07) is 5.44. The molecule has 3 N–H and O–H groups in total. The van der Waals surface area contributed by atoms with Crippen molar-refractivity contribution >= 4 is 22.9 Å². The van der Waals surface area contributed by atoms with E-state index in [1.807, 2.05) is 13.1 Å². The SMILES string of the molecule is Cn1c(CCC2CCNCC2)nc2cc(C(=O)NCCC(=O)O)ccc21. The largest absolute Gasteiger partial charge is 0.481 e. The summed E-state index contributed by atoms with van der Waals surface area (Å²) in [5.74, 6) is 0.604. The Morgan fingerprint density at radius 2 is 2.12 bits per heavy atom. The highest BCUT2D eigenvalue weighted by atomic mass is 16.4. The van der Waals surface area contributed by atoms with Crippen LogP contribution in [0.3, 0.4) is 0 Å². The first-order valence-electron chi connectivity index (χ1n) is 9.20. The van der Waals surface area contributed by atoms with E-state index in [0.717, 1.165) is 48.7 Å². The van der Waals surface area contributed by atoms with Gasteiger partial charge in [0.25, 0.3) is 5.91 Å². The summed E-state index contributed by atoms with van der Waals surface area (Å²) < 4.78 is 2.10. The highest BCUT2D eigenvalue weighted by Crippen LogP contribution is 2.22. The highest BCUT2D eigenvalue weighted by molar-refractivity contribution is 5.97. The second-order valence-corrected chi connectivity index (χ2v) is 6.92. The Kier molecular flexibility index (Phi) is 5.88. The first-order chi connectivity index (χ1) is 12.5. The monoisotopic (exact) mass is 358 g/mol. The van der Waals surface area contributed by atoms with Gasteiger partial charge in [0.1, 0.15) is 5.82 Å². The van der Waals surface area contributed by atoms with Crippen molar-refractivity contribution in [3.8, 4) is 0 Å². The maximum Gasteiger partial charge on any atom is 0.305 e. The Bertz CT molecular complexity index is 793. The molecule has 7 heteroatoms. The van der Waals surface area contributed by atoms with Gasteiger partial charge >= 0.3 is 5.97 Å². The third-order valence-electron chi connectivity index (χ3n) is 5.09. The number of aromatic nitrogens is 2. The molecule has 0 radical (unpaired) electrons. The standard InChI is InChI=1S/C19H26N4O3/c1-23-16-4-3-14(19(26)21-11-8-18(24)25)12-15(16)22-17(23)5-2-13-6-9-20-10-7-13/h3-4,12-13,20H,2,5-11H2,1H3,(H,21,26)(H,24,25). The summed E-state index contributed by atoms with van der Waals surface area (Å²) in [4.78, 5) is 27.4. The van der Waals surface area contributed by atoms with Gasteiger partial charge in [0.2, 0.25) is 0 Å². The molecule has 7 nitrogen and oxygen atoms in total. The van der Waals surface area contributed by atoms with Crippen molar-refractivity contribution in [2.45, 2.75) is 32.1 Å². The Hall–Kier alpha value is -2.41. The summed E-state index contributed by atoms with van der Waals surface area (Å²) >= 11 is 0. The number of carbonyl (C=O) groups excluding carboxylic acids is 1. The van der Waals surface area contributed by atoms with Gasteiger partial charge in [-0.05, 0) is 56.5 Å². The maximum absolute atomic E-state index is 12.1. The van der Waals surface area contributed by atoms with Crippen LogP contribution >= 0.6 is 0 Å². The topological polar surface area (TPSA) is 96.3 Å². The molecule has 1 saturated heterocycles. The van der Waals surface area contributed by atoms with E-state index in [2.05, 4.69) is 15.2 Å². The van der Waals surface area contributed by atoms with E-state index >= 15 is 0 Å². The third-order valence-corrected chi connectivity index (χ3v) is 5.09. The van der Waals surface area contributed by atoms with Crippen LogP contribution in [-0.2, 0) is 18.3 Å². The van der Waals surface area contributed by atoms with Gasteiger partial charge in [-0.3, -0.25) is 9.59 Å². The van der Waals surface area contributed by atoms with E-state index in [1.165, 1.54) is 12.8 Å². The second kappa shape index (κ2) is 8.31. The molecular formula is C19H26N4O3. The number of hydrogen-bond donors (Lipinski definition) is 3. The normalized spacial score (nSPS) is 15.3. The van der Waals surface area contributed by atoms with Crippen LogP contribution in [-0.4, -0.2) is 46.2 Å². The van der Waals surface area contributed by atoms with Crippen LogP contribution < -0.4 is 10.6 Å². The lowest BCUT2D eigenvalue weighted by molar-refractivity contribution is -0.136. The summed E-state index contributed by atoms with van der Waals surface area (Å²) in [6.45, 7) is 2.33. The quantitative estimate of drug-likeness (QED) is 0.700. The average molecular weight is 358 g/mol. The van der Waals surface area contributed by atoms with Crippen molar-refractivity contribution in [2.75, 3.05) is 19.6 Å². The van der Waals surface area contributed by atoms with Crippen molar-refractivity contribution in [3.63, 3.8) is 0 Å². The fourth-order valence-corrected chi connectivity index (χ4v) is 3.50. The molecule has 0 unspecified atom stereocenters. The van der Waals surface area contributed by atoms with Gasteiger partial charge in [-0.15, -0.1) is 0 Å². The van der Waals surface area contributed by atoms with Crippen LogP contribution in [0.1, 0.15) is 41.9 Å². The lowest BCUT2D eigenvalue weighted by Crippen LogP contribution is -2.28. The second-order valence-electron chi connectivity index (χ2n) is 6.92. The predicted molar refractivity (Wildman–Crippen MR) is 99.2 cm³/mol. The first kappa shape index (κ1) is 18.4. The van der Waals surface area contributed by atoms with E-state index in [9.17, 15) is 9.59 Å². The number of nitrogens with one attached hydrogen (secondary N) is 2. The van der Waals surface area contributed by atoms with Crippen LogP contribution in [0.5, 0.6) is 0 Å². The van der Waals surface area contributed by atoms with Gasteiger partial charge in [-0.25, -0.2) is 4.98 Å². The Balaban J connectivity index is 1.67. The zero-order valence-corrected chi connectivity index (χ0v) is 15.1. The number of piperidine rings is 1. The molecule has 2 aromatic rings. The van der Waals surface area contributed by atoms with Crippen LogP contribution in [0.2, 0.25) is 0 Å². The van der Waals surface area contributed by atoms with Gasteiger partial charge in [0, 0.05) is 25.6 Å². The Morgan fingerprint density at radius 3 is 2.85 bits per heavy atom. The molecule has 1 amide bonds. The number of imidazole rings is 1. The van der Waals surface area contributed by atoms with E-state index in [0.29, 0.717) is 5.56 Å². The van der Waals surface area contributed by atoms with Crippen LogP contribution in [0.4, 0.5) is 0 Å². The number of hydrogen-bond acceptors (Lipinski definition) is 4. The number of rotatable bonds is 7. The van der Waals surface area contributed by atoms with E-state index in [-0.39, 0.29) is 18.9 Å². The molecule has 1 aliphatic rings. The summed E-state index contributed by atoms with van der Waals surface area (Å²) in [5.41, 5.74) is 2.32. The first-order valence-corrected chi connectivity index (χ1v) is 9.20. The zero-order valence-electron chi connectivity index (χ0n) is 15.1. The Labute approximate surface area is 152 Å². The third kappa shape index (κ3) is 4.40. The molecular weight excluding hydrogens is 332 g/mol. The van der Waals surface area contributed by atoms with Crippen molar-refractivity contribution < 1.29 is 14.7 Å². The van der Waals surface area contributed by atoms with Gasteiger partial charge in [0.05, 0.1) is 17.5 Å². The lowest BCUT2D eigenvalue weighted by Gasteiger charge is -2.22. The van der Waals surface area contributed by atoms with E-state index < -0.39 is 5.97 Å². The van der Waals surface area contributed by atoms with Crippen LogP contribution in [0, 0.1) is 5.92 Å². The lowest BCUT2D eigenvalue weighted by atomic mass is 9.93. The maximum atomic E-state index is 12.1. The molecule has 1 aliphatic heterocycles. The molecule has 0 bridgehead atoms. The van der Waals surface area contributed by atoms with Gasteiger partial charge in [-0.1, -0.05) is 0 Å². The minimum absolute atomic E-state index is 0.0849. The molecule has 1 aromatic carbocycles. The minimum atomic E-state index is -0.927. The fraction of sp³-hybridized carbons (Fsp3) is 0.526. The smallest absolute Gasteiger partial charge is 0.305 e. The summed E-state index contributed by atoms with van der Waals surface area (Å²) in [7, 11) is 2.01. The average Bonchev–Trinajstić information content (AvgIpc) is 2.96. The number of amides is 1. The van der Waals surface area contributed by atoms with Crippen LogP contribution in [0.15, 0.2) is 18.2 Å². The van der Waals surface area contributed by atoms with Gasteiger partial charge in [0.15, 0.2) is 0 Å². The van der Waals surface area contributed by atoms with Crippen LogP contribution in [0.25, 0.3) is 11.0 Å². The molecule has 0 spiro atoms. The molecule has 140 valence electrons. The van der Waals surface area contributed by atoms with Crippen molar-refractivity contribution in [2.24, 2.45) is 13.0 Å². The summed E-state index contributed by atoms with van der Waals surface area (Å²) in [6.07, 6.45) is 4.45. The number of aryl methyl sites for hydroxylation is 2. The molecule has 1 fully saturated rings. The number of benzene rings is 1. The summed E-state index contributed by atoms with van der Waals surface area (Å²) in [5, 5.41) is 14.7. The Morgan fingerprint density at radius 1 is 1.35 bits per heavy atom. The van der Waals surface area contributed by atoms with Crippen molar-refractivity contribution in [1.82, 2.24) is 20.2 Å². The van der Waals surface area contributed by atoms with Crippen molar-refractivity contribution in [3.05, 3.63) is 29.6 Å². The number of carboxylic acids is 1. The minimum Gasteiger partial charge on any atom is -0.481 e. The number of carboxylic acid groups (broad SMARTS) is 1. The molecule has 0 aliphatic carbocycles. The van der Waals surface area contributed by atoms with E-state index in [4.69, 9.17) is 10.1 Å². The zero-order chi connectivity index (χ0) is 18.5. The molecule has 0 saturated carbocycles. The molecule has 0 atom stereocenters. The van der Waals surface area contributed by atoms with Gasteiger partial charge < -0.3 is 20.3 Å². The molecule has 2 heterocycles. The van der Waals surface area contributed by atoms with Crippen molar-refractivity contribution in [1.29, 1.82) is 0 Å². The highest BCUT2D eigenvalue weighted by Gasteiger charge is 2.16. The number of carbonyl (C=O) groups is 2. The number of fused-ring (bicyclic) bond motifs is 1. The predicted octanol–water partition coefficient (Wildman–Crippen LogP) is 1.71. The van der Waals surface area contributed by atoms with E-state index in [1.54, 1.807) is 12.1 Å². The van der Waals surface area contributed by atoms with Gasteiger partial charge in [-0.2, -0.15) is 0 Å². The fourth-order valence-electron chi connectivity index (χ4n) is 3.50. The molecule has 26 heavy (non-hydrogen) atoms.